The number of carbonyl (C=O) groups excluding carboxylic acids is 1. The number of benzene rings is 1. The lowest BCUT2D eigenvalue weighted by molar-refractivity contribution is 0.0953. The van der Waals surface area contributed by atoms with E-state index in [0.29, 0.717) is 34.6 Å². The highest BCUT2D eigenvalue weighted by atomic mass is 32.1. The lowest BCUT2D eigenvalue weighted by atomic mass is 10.1. The first-order valence-corrected chi connectivity index (χ1v) is 8.73. The topological polar surface area (TPSA) is 68.0 Å². The van der Waals surface area contributed by atoms with Crippen LogP contribution in [-0.2, 0) is 6.54 Å². The number of hydrogen-bond donors (Lipinski definition) is 1. The van der Waals surface area contributed by atoms with E-state index >= 15 is 0 Å². The summed E-state index contributed by atoms with van der Waals surface area (Å²) in [7, 11) is 0. The Morgan fingerprint density at radius 3 is 2.80 bits per heavy atom. The third kappa shape index (κ3) is 3.04. The molecule has 1 N–H and O–H groups in total. The first kappa shape index (κ1) is 15.5. The van der Waals surface area contributed by atoms with Gasteiger partial charge in [0.15, 0.2) is 0 Å². The van der Waals surface area contributed by atoms with Crippen LogP contribution in [0.4, 0.5) is 0 Å². The summed E-state index contributed by atoms with van der Waals surface area (Å²) in [4.78, 5) is 18.4. The van der Waals surface area contributed by atoms with Crippen molar-refractivity contribution in [1.82, 2.24) is 15.5 Å². The molecular weight excluding hydrogens is 334 g/mol. The Hall–Kier alpha value is -2.99. The smallest absolute Gasteiger partial charge is 0.259 e. The molecule has 25 heavy (non-hydrogen) atoms. The van der Waals surface area contributed by atoms with Gasteiger partial charge in [0.05, 0.1) is 28.9 Å². The molecule has 1 aromatic carbocycles. The van der Waals surface area contributed by atoms with Crippen LogP contribution in [0.5, 0.6) is 0 Å². The van der Waals surface area contributed by atoms with Gasteiger partial charge >= 0.3 is 0 Å². The Morgan fingerprint density at radius 2 is 2.04 bits per heavy atom. The molecule has 0 spiro atoms. The standard InChI is InChI=1S/C19H15N3O2S/c1-12-17-15(18(23)20-11-14-8-5-9-25-14)10-16(21-19(17)24-22-12)13-6-3-2-4-7-13/h2-10H,11H2,1H3,(H,20,23). The Bertz CT molecular complexity index is 1020. The minimum atomic E-state index is -0.163. The summed E-state index contributed by atoms with van der Waals surface area (Å²) in [5, 5.41) is 9.58. The Labute approximate surface area is 148 Å². The van der Waals surface area contributed by atoms with E-state index in [4.69, 9.17) is 4.52 Å². The molecule has 0 saturated heterocycles. The Kier molecular flexibility index (Phi) is 4.03. The van der Waals surface area contributed by atoms with Crippen LogP contribution in [0.25, 0.3) is 22.4 Å². The third-order valence-electron chi connectivity index (χ3n) is 3.93. The third-order valence-corrected chi connectivity index (χ3v) is 4.81. The average molecular weight is 349 g/mol. The molecule has 0 bridgehead atoms. The number of nitrogens with one attached hydrogen (secondary N) is 1. The fourth-order valence-corrected chi connectivity index (χ4v) is 3.35. The lowest BCUT2D eigenvalue weighted by Gasteiger charge is -2.07. The van der Waals surface area contributed by atoms with Gasteiger partial charge in [-0.15, -0.1) is 11.3 Å². The van der Waals surface area contributed by atoms with Gasteiger partial charge in [-0.1, -0.05) is 41.6 Å². The molecule has 0 aliphatic carbocycles. The van der Waals surface area contributed by atoms with E-state index in [1.807, 2.05) is 54.8 Å². The summed E-state index contributed by atoms with van der Waals surface area (Å²) in [5.74, 6) is -0.163. The number of nitrogens with zero attached hydrogens (tertiary/aromatic N) is 2. The van der Waals surface area contributed by atoms with E-state index in [1.54, 1.807) is 17.4 Å². The summed E-state index contributed by atoms with van der Waals surface area (Å²) < 4.78 is 5.31. The first-order chi connectivity index (χ1) is 12.2. The number of rotatable bonds is 4. The molecule has 0 radical (unpaired) electrons. The predicted octanol–water partition coefficient (Wildman–Crippen LogP) is 4.19. The minimum Gasteiger partial charge on any atom is -0.347 e. The summed E-state index contributed by atoms with van der Waals surface area (Å²) in [6.07, 6.45) is 0. The van der Waals surface area contributed by atoms with Crippen molar-refractivity contribution in [3.63, 3.8) is 0 Å². The zero-order valence-electron chi connectivity index (χ0n) is 13.5. The number of carbonyl (C=O) groups is 1. The molecule has 3 aromatic heterocycles. The molecule has 0 unspecified atom stereocenters. The fraction of sp³-hybridized carbons (Fsp3) is 0.105. The van der Waals surface area contributed by atoms with Gasteiger partial charge in [-0.05, 0) is 24.4 Å². The molecule has 6 heteroatoms. The molecule has 0 aliphatic heterocycles. The van der Waals surface area contributed by atoms with Crippen molar-refractivity contribution in [3.05, 3.63) is 70.0 Å². The number of aromatic nitrogens is 2. The van der Waals surface area contributed by atoms with Crippen molar-refractivity contribution >= 4 is 28.3 Å². The molecule has 4 rings (SSSR count). The normalized spacial score (nSPS) is 10.9. The highest BCUT2D eigenvalue weighted by molar-refractivity contribution is 7.09. The van der Waals surface area contributed by atoms with Gasteiger partial charge in [-0.2, -0.15) is 0 Å². The lowest BCUT2D eigenvalue weighted by Crippen LogP contribution is -2.22. The van der Waals surface area contributed by atoms with E-state index < -0.39 is 0 Å². The second-order valence-corrected chi connectivity index (χ2v) is 6.66. The summed E-state index contributed by atoms with van der Waals surface area (Å²) in [6, 6.07) is 15.5. The molecule has 4 aromatic rings. The van der Waals surface area contributed by atoms with Gasteiger partial charge in [-0.25, -0.2) is 4.98 Å². The van der Waals surface area contributed by atoms with Crippen molar-refractivity contribution in [2.75, 3.05) is 0 Å². The molecule has 3 heterocycles. The quantitative estimate of drug-likeness (QED) is 0.600. The maximum Gasteiger partial charge on any atom is 0.259 e. The molecule has 1 amide bonds. The van der Waals surface area contributed by atoms with Crippen LogP contribution in [0, 0.1) is 6.92 Å². The van der Waals surface area contributed by atoms with Crippen molar-refractivity contribution in [2.45, 2.75) is 13.5 Å². The van der Waals surface area contributed by atoms with E-state index in [0.717, 1.165) is 10.4 Å². The number of amides is 1. The summed E-state index contributed by atoms with van der Waals surface area (Å²) in [6.45, 7) is 2.30. The zero-order chi connectivity index (χ0) is 17.2. The van der Waals surface area contributed by atoms with Gasteiger partial charge in [0.2, 0.25) is 0 Å². The number of fused-ring (bicyclic) bond motifs is 1. The second-order valence-electron chi connectivity index (χ2n) is 5.63. The second kappa shape index (κ2) is 6.49. The number of aryl methyl sites for hydroxylation is 1. The largest absolute Gasteiger partial charge is 0.347 e. The average Bonchev–Trinajstić information content (AvgIpc) is 3.30. The monoisotopic (exact) mass is 349 g/mol. The van der Waals surface area contributed by atoms with E-state index in [1.165, 1.54) is 0 Å². The fourth-order valence-electron chi connectivity index (χ4n) is 2.71. The van der Waals surface area contributed by atoms with Crippen molar-refractivity contribution in [3.8, 4) is 11.3 Å². The van der Waals surface area contributed by atoms with Gasteiger partial charge < -0.3 is 9.84 Å². The Morgan fingerprint density at radius 1 is 1.20 bits per heavy atom. The van der Waals surface area contributed by atoms with Crippen LogP contribution in [-0.4, -0.2) is 16.0 Å². The van der Waals surface area contributed by atoms with Gasteiger partial charge in [0.25, 0.3) is 11.6 Å². The van der Waals surface area contributed by atoms with E-state index in [9.17, 15) is 4.79 Å². The Balaban J connectivity index is 1.75. The molecule has 5 nitrogen and oxygen atoms in total. The number of thiophene rings is 1. The molecule has 0 saturated carbocycles. The molecule has 0 atom stereocenters. The van der Waals surface area contributed by atoms with Crippen LogP contribution in [0.15, 0.2) is 58.4 Å². The first-order valence-electron chi connectivity index (χ1n) is 7.85. The summed E-state index contributed by atoms with van der Waals surface area (Å²) >= 11 is 1.61. The van der Waals surface area contributed by atoms with Crippen molar-refractivity contribution < 1.29 is 9.32 Å². The van der Waals surface area contributed by atoms with Crippen LogP contribution in [0.2, 0.25) is 0 Å². The highest BCUT2D eigenvalue weighted by Crippen LogP contribution is 2.27. The molecule has 0 fully saturated rings. The molecular formula is C19H15N3O2S. The SMILES string of the molecule is Cc1noc2nc(-c3ccccc3)cc(C(=O)NCc3cccs3)c12. The van der Waals surface area contributed by atoms with Gasteiger partial charge in [0, 0.05) is 10.4 Å². The molecule has 124 valence electrons. The predicted molar refractivity (Wildman–Crippen MR) is 97.5 cm³/mol. The minimum absolute atomic E-state index is 0.163. The van der Waals surface area contributed by atoms with Crippen LogP contribution >= 0.6 is 11.3 Å². The van der Waals surface area contributed by atoms with Crippen LogP contribution in [0.3, 0.4) is 0 Å². The van der Waals surface area contributed by atoms with Gasteiger partial charge in [-0.3, -0.25) is 4.79 Å². The van der Waals surface area contributed by atoms with Gasteiger partial charge in [0.1, 0.15) is 0 Å². The maximum atomic E-state index is 12.8. The van der Waals surface area contributed by atoms with Crippen molar-refractivity contribution in [1.29, 1.82) is 0 Å². The maximum absolute atomic E-state index is 12.8. The summed E-state index contributed by atoms with van der Waals surface area (Å²) in [5.41, 5.74) is 3.17. The number of hydrogen-bond acceptors (Lipinski definition) is 5. The molecule has 0 aliphatic rings. The van der Waals surface area contributed by atoms with E-state index in [-0.39, 0.29) is 5.91 Å². The zero-order valence-corrected chi connectivity index (χ0v) is 14.3. The number of pyridine rings is 1. The van der Waals surface area contributed by atoms with Crippen LogP contribution in [0.1, 0.15) is 20.9 Å². The highest BCUT2D eigenvalue weighted by Gasteiger charge is 2.19. The van der Waals surface area contributed by atoms with E-state index in [2.05, 4.69) is 15.5 Å². The van der Waals surface area contributed by atoms with Crippen molar-refractivity contribution in [2.24, 2.45) is 0 Å². The van der Waals surface area contributed by atoms with Crippen LogP contribution < -0.4 is 5.32 Å².